The number of nitro benzene ring substituents is 1. The molecule has 0 unspecified atom stereocenters. The summed E-state index contributed by atoms with van der Waals surface area (Å²) < 4.78 is 0. The van der Waals surface area contributed by atoms with Crippen molar-refractivity contribution in [2.24, 2.45) is 0 Å². The molecule has 0 saturated carbocycles. The number of rotatable bonds is 3. The standard InChI is InChI=1S/C16H13N3O3/c1-10-8-13(19(21)22)3-4-14(10)16(20)18-12-2-5-15-11(9-12)6-7-17-15/h2-9,17H,1H3,(H,18,20). The molecule has 0 bridgehead atoms. The van der Waals surface area contributed by atoms with Crippen molar-refractivity contribution in [1.82, 2.24) is 4.98 Å². The van der Waals surface area contributed by atoms with E-state index in [9.17, 15) is 14.9 Å². The minimum Gasteiger partial charge on any atom is -0.361 e. The molecule has 0 atom stereocenters. The van der Waals surface area contributed by atoms with Gasteiger partial charge in [0.2, 0.25) is 0 Å². The first-order valence-electron chi connectivity index (χ1n) is 6.68. The van der Waals surface area contributed by atoms with Crippen LogP contribution >= 0.6 is 0 Å². The lowest BCUT2D eigenvalue weighted by atomic mass is 10.1. The van der Waals surface area contributed by atoms with Gasteiger partial charge in [0.05, 0.1) is 4.92 Å². The Kier molecular flexibility index (Phi) is 3.34. The number of hydrogen-bond donors (Lipinski definition) is 2. The van der Waals surface area contributed by atoms with Crippen LogP contribution in [0.1, 0.15) is 15.9 Å². The molecule has 2 aromatic carbocycles. The molecule has 22 heavy (non-hydrogen) atoms. The summed E-state index contributed by atoms with van der Waals surface area (Å²) in [4.78, 5) is 25.6. The number of aromatic nitrogens is 1. The largest absolute Gasteiger partial charge is 0.361 e. The van der Waals surface area contributed by atoms with Crippen molar-refractivity contribution in [3.63, 3.8) is 0 Å². The highest BCUT2D eigenvalue weighted by Gasteiger charge is 2.13. The van der Waals surface area contributed by atoms with Gasteiger partial charge in [0.1, 0.15) is 0 Å². The van der Waals surface area contributed by atoms with Crippen LogP contribution in [0.3, 0.4) is 0 Å². The number of non-ortho nitro benzene ring substituents is 1. The number of aryl methyl sites for hydroxylation is 1. The Hall–Kier alpha value is -3.15. The number of anilines is 1. The number of amides is 1. The molecule has 1 heterocycles. The van der Waals surface area contributed by atoms with Crippen LogP contribution in [0.4, 0.5) is 11.4 Å². The van der Waals surface area contributed by atoms with Crippen molar-refractivity contribution in [1.29, 1.82) is 0 Å². The van der Waals surface area contributed by atoms with Crippen LogP contribution in [0.2, 0.25) is 0 Å². The maximum absolute atomic E-state index is 12.3. The molecule has 1 aromatic heterocycles. The molecule has 0 fully saturated rings. The van der Waals surface area contributed by atoms with E-state index >= 15 is 0 Å². The molecule has 2 N–H and O–H groups in total. The van der Waals surface area contributed by atoms with E-state index in [0.717, 1.165) is 10.9 Å². The zero-order valence-electron chi connectivity index (χ0n) is 11.8. The summed E-state index contributed by atoms with van der Waals surface area (Å²) in [5, 5.41) is 14.5. The number of nitrogens with zero attached hydrogens (tertiary/aromatic N) is 1. The highest BCUT2D eigenvalue weighted by molar-refractivity contribution is 6.06. The molecule has 1 amide bonds. The molecule has 3 rings (SSSR count). The summed E-state index contributed by atoms with van der Waals surface area (Å²) in [5.41, 5.74) is 2.62. The van der Waals surface area contributed by atoms with Gasteiger partial charge in [-0.3, -0.25) is 14.9 Å². The van der Waals surface area contributed by atoms with Gasteiger partial charge in [-0.15, -0.1) is 0 Å². The first-order chi connectivity index (χ1) is 10.5. The summed E-state index contributed by atoms with van der Waals surface area (Å²) in [6.45, 7) is 1.68. The predicted octanol–water partition coefficient (Wildman–Crippen LogP) is 3.64. The molecule has 3 aromatic rings. The smallest absolute Gasteiger partial charge is 0.269 e. The lowest BCUT2D eigenvalue weighted by Crippen LogP contribution is -2.13. The van der Waals surface area contributed by atoms with Crippen LogP contribution < -0.4 is 5.32 Å². The number of H-pyrrole nitrogens is 1. The van der Waals surface area contributed by atoms with Crippen LogP contribution in [0, 0.1) is 17.0 Å². The van der Waals surface area contributed by atoms with Gasteiger partial charge in [-0.05, 0) is 42.8 Å². The monoisotopic (exact) mass is 295 g/mol. The van der Waals surface area contributed by atoms with Crippen LogP contribution in [-0.4, -0.2) is 15.8 Å². The first kappa shape index (κ1) is 13.8. The molecule has 6 heteroatoms. The lowest BCUT2D eigenvalue weighted by molar-refractivity contribution is -0.384. The Bertz CT molecular complexity index is 883. The van der Waals surface area contributed by atoms with Crippen molar-refractivity contribution >= 4 is 28.2 Å². The second-order valence-corrected chi connectivity index (χ2v) is 4.99. The Labute approximate surface area is 125 Å². The van der Waals surface area contributed by atoms with Gasteiger partial charge in [0, 0.05) is 40.5 Å². The summed E-state index contributed by atoms with van der Waals surface area (Å²) in [5.74, 6) is -0.290. The molecule has 0 aliphatic rings. The van der Waals surface area contributed by atoms with Gasteiger partial charge in [-0.25, -0.2) is 0 Å². The number of nitro groups is 1. The summed E-state index contributed by atoms with van der Waals surface area (Å²) in [6.07, 6.45) is 1.83. The zero-order valence-corrected chi connectivity index (χ0v) is 11.8. The second-order valence-electron chi connectivity index (χ2n) is 4.99. The third kappa shape index (κ3) is 2.54. The van der Waals surface area contributed by atoms with Gasteiger partial charge in [-0.2, -0.15) is 0 Å². The fourth-order valence-corrected chi connectivity index (χ4v) is 2.35. The highest BCUT2D eigenvalue weighted by Crippen LogP contribution is 2.21. The molecular weight excluding hydrogens is 282 g/mol. The number of fused-ring (bicyclic) bond motifs is 1. The van der Waals surface area contributed by atoms with Gasteiger partial charge < -0.3 is 10.3 Å². The van der Waals surface area contributed by atoms with Crippen molar-refractivity contribution in [2.75, 3.05) is 5.32 Å². The molecule has 0 spiro atoms. The molecule has 0 radical (unpaired) electrons. The van der Waals surface area contributed by atoms with Crippen LogP contribution in [0.5, 0.6) is 0 Å². The van der Waals surface area contributed by atoms with E-state index in [1.807, 2.05) is 24.4 Å². The number of benzene rings is 2. The first-order valence-corrected chi connectivity index (χ1v) is 6.68. The number of hydrogen-bond acceptors (Lipinski definition) is 3. The summed E-state index contributed by atoms with van der Waals surface area (Å²) in [7, 11) is 0. The SMILES string of the molecule is Cc1cc([N+](=O)[O-])ccc1C(=O)Nc1ccc2[nH]ccc2c1. The van der Waals surface area contributed by atoms with E-state index in [4.69, 9.17) is 0 Å². The third-order valence-corrected chi connectivity index (χ3v) is 3.48. The summed E-state index contributed by atoms with van der Waals surface area (Å²) in [6, 6.07) is 11.7. The van der Waals surface area contributed by atoms with E-state index in [-0.39, 0.29) is 11.6 Å². The van der Waals surface area contributed by atoms with Gasteiger partial charge >= 0.3 is 0 Å². The van der Waals surface area contributed by atoms with Crippen molar-refractivity contribution < 1.29 is 9.72 Å². The Balaban J connectivity index is 1.86. The molecule has 0 aliphatic heterocycles. The normalized spacial score (nSPS) is 10.6. The van der Waals surface area contributed by atoms with E-state index in [2.05, 4.69) is 10.3 Å². The van der Waals surface area contributed by atoms with Crippen molar-refractivity contribution in [3.05, 3.63) is 69.9 Å². The maximum Gasteiger partial charge on any atom is 0.269 e. The number of carbonyl (C=O) groups is 1. The second kappa shape index (κ2) is 5.33. The molecule has 0 saturated heterocycles. The number of nitrogens with one attached hydrogen (secondary N) is 2. The van der Waals surface area contributed by atoms with E-state index < -0.39 is 4.92 Å². The Morgan fingerprint density at radius 3 is 2.73 bits per heavy atom. The van der Waals surface area contributed by atoms with Crippen LogP contribution in [0.15, 0.2) is 48.7 Å². The topological polar surface area (TPSA) is 88.0 Å². The lowest BCUT2D eigenvalue weighted by Gasteiger charge is -2.08. The average molecular weight is 295 g/mol. The highest BCUT2D eigenvalue weighted by atomic mass is 16.6. The minimum absolute atomic E-state index is 0.0252. The molecular formula is C16H13N3O3. The Morgan fingerprint density at radius 2 is 2.00 bits per heavy atom. The third-order valence-electron chi connectivity index (χ3n) is 3.48. The Morgan fingerprint density at radius 1 is 1.18 bits per heavy atom. The minimum atomic E-state index is -0.478. The summed E-state index contributed by atoms with van der Waals surface area (Å²) >= 11 is 0. The van der Waals surface area contributed by atoms with Gasteiger partial charge in [-0.1, -0.05) is 0 Å². The van der Waals surface area contributed by atoms with Crippen LogP contribution in [0.25, 0.3) is 10.9 Å². The average Bonchev–Trinajstić information content (AvgIpc) is 2.94. The number of carbonyl (C=O) groups excluding carboxylic acids is 1. The van der Waals surface area contributed by atoms with Crippen LogP contribution in [-0.2, 0) is 0 Å². The molecule has 6 nitrogen and oxygen atoms in total. The molecule has 110 valence electrons. The van der Waals surface area contributed by atoms with Crippen molar-refractivity contribution in [3.8, 4) is 0 Å². The van der Waals surface area contributed by atoms with E-state index in [1.54, 1.807) is 13.0 Å². The van der Waals surface area contributed by atoms with Gasteiger partial charge in [0.15, 0.2) is 0 Å². The predicted molar refractivity (Wildman–Crippen MR) is 84.1 cm³/mol. The molecule has 0 aliphatic carbocycles. The fraction of sp³-hybridized carbons (Fsp3) is 0.0625. The van der Waals surface area contributed by atoms with E-state index in [1.165, 1.54) is 18.2 Å². The fourth-order valence-electron chi connectivity index (χ4n) is 2.35. The van der Waals surface area contributed by atoms with Gasteiger partial charge in [0.25, 0.3) is 11.6 Å². The van der Waals surface area contributed by atoms with E-state index in [0.29, 0.717) is 16.8 Å². The quantitative estimate of drug-likeness (QED) is 0.571. The van der Waals surface area contributed by atoms with Crippen molar-refractivity contribution in [2.45, 2.75) is 6.92 Å². The maximum atomic E-state index is 12.3. The zero-order chi connectivity index (χ0) is 15.7. The number of aromatic amines is 1.